The summed E-state index contributed by atoms with van der Waals surface area (Å²) in [7, 11) is 0. The lowest BCUT2D eigenvalue weighted by atomic mass is 10.3. The van der Waals surface area contributed by atoms with Crippen molar-refractivity contribution in [3.8, 4) is 0 Å². The molecule has 0 spiro atoms. The van der Waals surface area contributed by atoms with Crippen LogP contribution in [0.5, 0.6) is 0 Å². The van der Waals surface area contributed by atoms with Crippen LogP contribution in [0.4, 0.5) is 0 Å². The van der Waals surface area contributed by atoms with Gasteiger partial charge < -0.3 is 0 Å². The summed E-state index contributed by atoms with van der Waals surface area (Å²) in [6.45, 7) is 2.03. The van der Waals surface area contributed by atoms with Gasteiger partial charge in [0.05, 0.1) is 11.4 Å². The van der Waals surface area contributed by atoms with E-state index in [4.69, 9.17) is 0 Å². The first-order valence-corrected chi connectivity index (χ1v) is 6.23. The van der Waals surface area contributed by atoms with E-state index in [1.807, 2.05) is 23.2 Å². The molecule has 68 valence electrons. The second kappa shape index (κ2) is 2.72. The van der Waals surface area contributed by atoms with Crippen LogP contribution < -0.4 is 0 Å². The number of hydrogen-bond acceptors (Lipinski definition) is 4. The molecule has 2 aromatic heterocycles. The van der Waals surface area contributed by atoms with Crippen molar-refractivity contribution in [2.75, 3.05) is 5.75 Å². The molecule has 0 bridgehead atoms. The molecule has 0 fully saturated rings. The first kappa shape index (κ1) is 7.82. The maximum atomic E-state index is 4.58. The lowest BCUT2D eigenvalue weighted by Crippen LogP contribution is -2.04. The van der Waals surface area contributed by atoms with Crippen LogP contribution >= 0.6 is 23.1 Å². The third-order valence-corrected chi connectivity index (χ3v) is 4.00. The lowest BCUT2D eigenvalue weighted by molar-refractivity contribution is 0.880. The Labute approximate surface area is 84.2 Å². The van der Waals surface area contributed by atoms with Gasteiger partial charge in [-0.25, -0.2) is 9.50 Å². The molecule has 3 nitrogen and oxygen atoms in total. The molecule has 1 aliphatic heterocycles. The van der Waals surface area contributed by atoms with Crippen LogP contribution in [-0.4, -0.2) is 20.4 Å². The molecule has 0 saturated carbocycles. The molecule has 1 aliphatic rings. The van der Waals surface area contributed by atoms with Gasteiger partial charge in [-0.1, -0.05) is 11.3 Å². The van der Waals surface area contributed by atoms with Crippen LogP contribution in [0.2, 0.25) is 0 Å². The van der Waals surface area contributed by atoms with Gasteiger partial charge in [0, 0.05) is 12.2 Å². The van der Waals surface area contributed by atoms with Gasteiger partial charge in [-0.2, -0.15) is 16.9 Å². The zero-order chi connectivity index (χ0) is 8.84. The minimum Gasteiger partial charge on any atom is -0.222 e. The molecule has 0 radical (unpaired) electrons. The minimum absolute atomic E-state index is 1.06. The average molecular weight is 211 g/mol. The van der Waals surface area contributed by atoms with E-state index in [1.165, 1.54) is 17.1 Å². The van der Waals surface area contributed by atoms with Gasteiger partial charge in [-0.3, -0.25) is 0 Å². The van der Waals surface area contributed by atoms with E-state index in [9.17, 15) is 0 Å². The number of fused-ring (bicyclic) bond motifs is 3. The van der Waals surface area contributed by atoms with Gasteiger partial charge in [0.15, 0.2) is 0 Å². The topological polar surface area (TPSA) is 30.2 Å². The zero-order valence-corrected chi connectivity index (χ0v) is 8.91. The molecule has 0 N–H and O–H groups in total. The summed E-state index contributed by atoms with van der Waals surface area (Å²) in [4.78, 5) is 5.64. The van der Waals surface area contributed by atoms with Crippen molar-refractivity contribution in [3.63, 3.8) is 0 Å². The molecule has 0 atom stereocenters. The Balaban J connectivity index is 2.30. The minimum atomic E-state index is 1.06. The monoisotopic (exact) mass is 211 g/mol. The van der Waals surface area contributed by atoms with Crippen molar-refractivity contribution < 1.29 is 0 Å². The zero-order valence-electron chi connectivity index (χ0n) is 7.28. The normalized spacial score (nSPS) is 16.4. The Hall–Kier alpha value is -0.550. The summed E-state index contributed by atoms with van der Waals surface area (Å²) in [5.41, 5.74) is 2.58. The molecular formula is C8H9N3S2. The fourth-order valence-electron chi connectivity index (χ4n) is 1.61. The Morgan fingerprint density at radius 1 is 1.46 bits per heavy atom. The van der Waals surface area contributed by atoms with Gasteiger partial charge in [0.25, 0.3) is 0 Å². The highest BCUT2D eigenvalue weighted by Crippen LogP contribution is 2.26. The van der Waals surface area contributed by atoms with E-state index in [0.717, 1.165) is 22.1 Å². The van der Waals surface area contributed by atoms with E-state index >= 15 is 0 Å². The summed E-state index contributed by atoms with van der Waals surface area (Å²) >= 11 is 3.65. The lowest BCUT2D eigenvalue weighted by Gasteiger charge is -2.08. The molecule has 0 aromatic carbocycles. The summed E-state index contributed by atoms with van der Waals surface area (Å²) in [6.07, 6.45) is 1.11. The fourth-order valence-corrected chi connectivity index (χ4v) is 3.35. The SMILES string of the molecule is Cc1nn2c3c(nc2s1)CCSC3. The predicted octanol–water partition coefficient (Wildman–Crippen LogP) is 1.89. The number of rotatable bonds is 0. The maximum Gasteiger partial charge on any atom is 0.212 e. The molecule has 0 unspecified atom stereocenters. The second-order valence-electron chi connectivity index (χ2n) is 3.12. The van der Waals surface area contributed by atoms with E-state index < -0.39 is 0 Å². The highest BCUT2D eigenvalue weighted by molar-refractivity contribution is 7.98. The molecular weight excluding hydrogens is 202 g/mol. The number of aromatic nitrogens is 3. The van der Waals surface area contributed by atoms with E-state index in [0.29, 0.717) is 0 Å². The molecule has 3 rings (SSSR count). The third kappa shape index (κ3) is 1.10. The molecule has 5 heteroatoms. The molecule has 0 amide bonds. The van der Waals surface area contributed by atoms with E-state index in [-0.39, 0.29) is 0 Å². The average Bonchev–Trinajstić information content (AvgIpc) is 2.60. The van der Waals surface area contributed by atoms with E-state index in [2.05, 4.69) is 10.1 Å². The first-order chi connectivity index (χ1) is 6.34. The van der Waals surface area contributed by atoms with Crippen molar-refractivity contribution in [1.29, 1.82) is 0 Å². The van der Waals surface area contributed by atoms with Crippen molar-refractivity contribution in [1.82, 2.24) is 14.6 Å². The van der Waals surface area contributed by atoms with Crippen LogP contribution in [-0.2, 0) is 12.2 Å². The van der Waals surface area contributed by atoms with Crippen molar-refractivity contribution >= 4 is 28.1 Å². The molecule has 13 heavy (non-hydrogen) atoms. The van der Waals surface area contributed by atoms with Crippen LogP contribution in [0.1, 0.15) is 16.4 Å². The molecule has 0 aliphatic carbocycles. The molecule has 2 aromatic rings. The second-order valence-corrected chi connectivity index (χ2v) is 5.39. The Morgan fingerprint density at radius 3 is 3.31 bits per heavy atom. The smallest absolute Gasteiger partial charge is 0.212 e. The Morgan fingerprint density at radius 2 is 2.38 bits per heavy atom. The van der Waals surface area contributed by atoms with Crippen LogP contribution in [0.15, 0.2) is 0 Å². The Kier molecular flexibility index (Phi) is 1.63. The van der Waals surface area contributed by atoms with Gasteiger partial charge in [-0.15, -0.1) is 0 Å². The number of aryl methyl sites for hydroxylation is 2. The van der Waals surface area contributed by atoms with Crippen LogP contribution in [0.3, 0.4) is 0 Å². The standard InChI is InChI=1S/C8H9N3S2/c1-5-10-11-7-4-12-3-2-6(7)9-8(11)13-5/h2-4H2,1H3. The summed E-state index contributed by atoms with van der Waals surface area (Å²) in [5, 5.41) is 5.54. The van der Waals surface area contributed by atoms with Crippen molar-refractivity contribution in [2.24, 2.45) is 0 Å². The maximum absolute atomic E-state index is 4.58. The summed E-state index contributed by atoms with van der Waals surface area (Å²) in [6, 6.07) is 0. The Bertz CT molecular complexity index is 457. The van der Waals surface area contributed by atoms with E-state index in [1.54, 1.807) is 11.3 Å². The molecule has 0 saturated heterocycles. The predicted molar refractivity (Wildman–Crippen MR) is 55.5 cm³/mol. The first-order valence-electron chi connectivity index (χ1n) is 4.26. The number of hydrogen-bond donors (Lipinski definition) is 0. The largest absolute Gasteiger partial charge is 0.222 e. The van der Waals surface area contributed by atoms with Gasteiger partial charge in [0.2, 0.25) is 4.96 Å². The number of nitrogens with zero attached hydrogens (tertiary/aromatic N) is 3. The van der Waals surface area contributed by atoms with Crippen molar-refractivity contribution in [3.05, 3.63) is 16.4 Å². The van der Waals surface area contributed by atoms with Gasteiger partial charge >= 0.3 is 0 Å². The summed E-state index contributed by atoms with van der Waals surface area (Å²) < 4.78 is 2.02. The van der Waals surface area contributed by atoms with Gasteiger partial charge in [0.1, 0.15) is 5.01 Å². The number of thioether (sulfide) groups is 1. The third-order valence-electron chi connectivity index (χ3n) is 2.20. The quantitative estimate of drug-likeness (QED) is 0.666. The van der Waals surface area contributed by atoms with Crippen molar-refractivity contribution in [2.45, 2.75) is 19.1 Å². The highest BCUT2D eigenvalue weighted by atomic mass is 32.2. The van der Waals surface area contributed by atoms with Gasteiger partial charge in [-0.05, 0) is 12.7 Å². The fraction of sp³-hybridized carbons (Fsp3) is 0.500. The number of imidazole rings is 1. The summed E-state index contributed by atoms with van der Waals surface area (Å²) in [5.74, 6) is 2.27. The molecule has 3 heterocycles. The van der Waals surface area contributed by atoms with Crippen LogP contribution in [0, 0.1) is 6.92 Å². The van der Waals surface area contributed by atoms with Crippen LogP contribution in [0.25, 0.3) is 4.96 Å². The highest BCUT2D eigenvalue weighted by Gasteiger charge is 2.18.